The Morgan fingerprint density at radius 2 is 2.19 bits per heavy atom. The fraction of sp³-hybridized carbons (Fsp3) is 0.346. The van der Waals surface area contributed by atoms with Crippen LogP contribution in [0.4, 0.5) is 4.39 Å². The Morgan fingerprint density at radius 1 is 1.35 bits per heavy atom. The highest BCUT2D eigenvalue weighted by Crippen LogP contribution is 2.36. The molecule has 1 fully saturated rings. The SMILES string of the molecule is COC1CNCC(C(=O)NC(C#N)Cc2cc3sc(-c4ccc5oc(=O)n(C)c5c4)cc3cc2F)OC1. The number of carbonyl (C=O) groups excluding carboxylic acids is 1. The van der Waals surface area contributed by atoms with Gasteiger partial charge in [-0.25, -0.2) is 9.18 Å². The first-order chi connectivity index (χ1) is 17.9. The van der Waals surface area contributed by atoms with Gasteiger partial charge in [0.25, 0.3) is 5.91 Å². The molecule has 0 spiro atoms. The van der Waals surface area contributed by atoms with E-state index in [0.717, 1.165) is 20.5 Å². The maximum atomic E-state index is 15.0. The largest absolute Gasteiger partial charge is 0.419 e. The highest BCUT2D eigenvalue weighted by Gasteiger charge is 2.26. The summed E-state index contributed by atoms with van der Waals surface area (Å²) in [6.45, 7) is 1.11. The van der Waals surface area contributed by atoms with Crippen molar-refractivity contribution < 1.29 is 23.1 Å². The number of halogens is 1. The summed E-state index contributed by atoms with van der Waals surface area (Å²) in [6, 6.07) is 11.6. The summed E-state index contributed by atoms with van der Waals surface area (Å²) in [6.07, 6.45) is -0.911. The maximum Gasteiger partial charge on any atom is 0.419 e. The van der Waals surface area contributed by atoms with Crippen LogP contribution in [0.1, 0.15) is 5.56 Å². The summed E-state index contributed by atoms with van der Waals surface area (Å²) in [7, 11) is 3.22. The molecule has 192 valence electrons. The molecule has 0 saturated carbocycles. The van der Waals surface area contributed by atoms with Crippen LogP contribution in [0.5, 0.6) is 0 Å². The normalized spacial score (nSPS) is 19.0. The number of nitriles is 1. The van der Waals surface area contributed by atoms with Crippen LogP contribution < -0.4 is 16.4 Å². The molecule has 3 heterocycles. The second-order valence-electron chi connectivity index (χ2n) is 8.93. The van der Waals surface area contributed by atoms with E-state index in [1.807, 2.05) is 18.2 Å². The van der Waals surface area contributed by atoms with Crippen molar-refractivity contribution in [1.29, 1.82) is 5.26 Å². The van der Waals surface area contributed by atoms with Gasteiger partial charge in [0.15, 0.2) is 5.58 Å². The standard InChI is InChI=1S/C26H25FN4O5S/c1-31-20-7-14(3-4-21(20)36-26(31)33)23-9-16-6-19(27)15(8-24(16)37-23)5-17(10-28)30-25(32)22-12-29-11-18(34-2)13-35-22/h3-4,6-9,17-18,22,29H,5,11-13H2,1-2H3,(H,30,32). The van der Waals surface area contributed by atoms with Crippen LogP contribution in [-0.2, 0) is 27.7 Å². The number of fused-ring (bicyclic) bond motifs is 2. The van der Waals surface area contributed by atoms with Gasteiger partial charge in [0.1, 0.15) is 18.0 Å². The fourth-order valence-corrected chi connectivity index (χ4v) is 5.43. The Kier molecular flexibility index (Phi) is 7.08. The third kappa shape index (κ3) is 5.14. The van der Waals surface area contributed by atoms with Crippen LogP contribution in [-0.4, -0.2) is 55.5 Å². The van der Waals surface area contributed by atoms with E-state index >= 15 is 4.39 Å². The molecule has 2 N–H and O–H groups in total. The van der Waals surface area contributed by atoms with Crippen LogP contribution in [0.25, 0.3) is 31.6 Å². The minimum Gasteiger partial charge on any atom is -0.408 e. The number of carbonyl (C=O) groups is 1. The first kappa shape index (κ1) is 25.1. The van der Waals surface area contributed by atoms with E-state index in [1.165, 1.54) is 22.0 Å². The van der Waals surface area contributed by atoms with Gasteiger partial charge in [-0.15, -0.1) is 11.3 Å². The van der Waals surface area contributed by atoms with Crippen molar-refractivity contribution in [1.82, 2.24) is 15.2 Å². The van der Waals surface area contributed by atoms with Crippen molar-refractivity contribution in [3.05, 3.63) is 58.3 Å². The van der Waals surface area contributed by atoms with Gasteiger partial charge in [-0.05, 0) is 52.9 Å². The van der Waals surface area contributed by atoms with Gasteiger partial charge in [-0.2, -0.15) is 5.26 Å². The first-order valence-electron chi connectivity index (χ1n) is 11.7. The van der Waals surface area contributed by atoms with E-state index < -0.39 is 29.6 Å². The molecule has 3 atom stereocenters. The molecule has 0 aliphatic carbocycles. The molecule has 11 heteroatoms. The number of hydrogen-bond acceptors (Lipinski definition) is 8. The molecule has 3 unspecified atom stereocenters. The summed E-state index contributed by atoms with van der Waals surface area (Å²) >= 11 is 1.48. The molecule has 9 nitrogen and oxygen atoms in total. The van der Waals surface area contributed by atoms with Crippen LogP contribution in [0.15, 0.2) is 45.6 Å². The van der Waals surface area contributed by atoms with E-state index in [2.05, 4.69) is 16.7 Å². The molecule has 1 amide bonds. The zero-order chi connectivity index (χ0) is 26.1. The lowest BCUT2D eigenvalue weighted by atomic mass is 10.0. The van der Waals surface area contributed by atoms with Crippen LogP contribution in [0.3, 0.4) is 0 Å². The van der Waals surface area contributed by atoms with Gasteiger partial charge in [0.05, 0.1) is 24.3 Å². The summed E-state index contributed by atoms with van der Waals surface area (Å²) in [5.41, 5.74) is 2.38. The molecule has 0 radical (unpaired) electrons. The van der Waals surface area contributed by atoms with Crippen molar-refractivity contribution >= 4 is 38.4 Å². The minimum absolute atomic E-state index is 0.0151. The third-order valence-corrected chi connectivity index (χ3v) is 7.62. The zero-order valence-corrected chi connectivity index (χ0v) is 21.1. The lowest BCUT2D eigenvalue weighted by Gasteiger charge is -2.18. The smallest absolute Gasteiger partial charge is 0.408 e. The number of hydrogen-bond donors (Lipinski definition) is 2. The van der Waals surface area contributed by atoms with Crippen molar-refractivity contribution in [3.8, 4) is 16.5 Å². The zero-order valence-electron chi connectivity index (χ0n) is 20.2. The molecule has 37 heavy (non-hydrogen) atoms. The predicted octanol–water partition coefficient (Wildman–Crippen LogP) is 2.71. The Labute approximate surface area is 215 Å². The molecular weight excluding hydrogens is 499 g/mol. The molecule has 2 aromatic carbocycles. The Hall–Kier alpha value is -3.56. The Morgan fingerprint density at radius 3 is 2.97 bits per heavy atom. The number of oxazole rings is 1. The number of aryl methyl sites for hydroxylation is 1. The quantitative estimate of drug-likeness (QED) is 0.398. The van der Waals surface area contributed by atoms with Gasteiger partial charge >= 0.3 is 5.76 Å². The van der Waals surface area contributed by atoms with Crippen LogP contribution in [0.2, 0.25) is 0 Å². The number of rotatable bonds is 6. The van der Waals surface area contributed by atoms with E-state index in [0.29, 0.717) is 29.8 Å². The van der Waals surface area contributed by atoms with E-state index in [-0.39, 0.29) is 19.1 Å². The summed E-state index contributed by atoms with van der Waals surface area (Å²) < 4.78 is 33.4. The van der Waals surface area contributed by atoms with Gasteiger partial charge in [-0.1, -0.05) is 0 Å². The predicted molar refractivity (Wildman–Crippen MR) is 137 cm³/mol. The number of methoxy groups -OCH3 is 1. The Balaban J connectivity index is 1.34. The van der Waals surface area contributed by atoms with Crippen molar-refractivity contribution in [2.75, 3.05) is 26.8 Å². The maximum absolute atomic E-state index is 15.0. The summed E-state index contributed by atoms with van der Waals surface area (Å²) in [4.78, 5) is 25.4. The Bertz CT molecular complexity index is 1570. The first-order valence-corrected chi connectivity index (χ1v) is 12.5. The molecule has 0 bridgehead atoms. The van der Waals surface area contributed by atoms with Crippen molar-refractivity contribution in [3.63, 3.8) is 0 Å². The summed E-state index contributed by atoms with van der Waals surface area (Å²) in [5.74, 6) is -1.32. The topological polar surface area (TPSA) is 119 Å². The highest BCUT2D eigenvalue weighted by atomic mass is 32.1. The number of nitrogens with one attached hydrogen (secondary N) is 2. The van der Waals surface area contributed by atoms with E-state index in [4.69, 9.17) is 13.9 Å². The monoisotopic (exact) mass is 524 g/mol. The second-order valence-corrected chi connectivity index (χ2v) is 10.0. The van der Waals surface area contributed by atoms with E-state index in [9.17, 15) is 14.9 Å². The minimum atomic E-state index is -0.922. The molecule has 4 aromatic rings. The number of aromatic nitrogens is 1. The molecule has 1 aliphatic heterocycles. The second kappa shape index (κ2) is 10.4. The summed E-state index contributed by atoms with van der Waals surface area (Å²) in [5, 5.41) is 16.1. The molecular formula is C26H25FN4O5S. The molecule has 1 aliphatic rings. The average Bonchev–Trinajstić information content (AvgIpc) is 3.31. The molecule has 1 saturated heterocycles. The lowest BCUT2D eigenvalue weighted by Crippen LogP contribution is -2.46. The van der Waals surface area contributed by atoms with E-state index in [1.54, 1.807) is 26.3 Å². The van der Waals surface area contributed by atoms with Crippen molar-refractivity contribution in [2.24, 2.45) is 7.05 Å². The number of amides is 1. The number of ether oxygens (including phenoxy) is 2. The number of benzene rings is 2. The van der Waals surface area contributed by atoms with Crippen molar-refractivity contribution in [2.45, 2.75) is 24.7 Å². The number of thiophene rings is 1. The number of nitrogens with zero attached hydrogens (tertiary/aromatic N) is 2. The van der Waals surface area contributed by atoms with Crippen LogP contribution in [0, 0.1) is 17.1 Å². The fourth-order valence-electron chi connectivity index (χ4n) is 4.33. The highest BCUT2D eigenvalue weighted by molar-refractivity contribution is 7.22. The van der Waals surface area contributed by atoms with Gasteiger partial charge in [-0.3, -0.25) is 9.36 Å². The van der Waals surface area contributed by atoms with Gasteiger partial charge in [0.2, 0.25) is 0 Å². The lowest BCUT2D eigenvalue weighted by molar-refractivity contribution is -0.133. The van der Waals surface area contributed by atoms with Gasteiger partial charge in [0, 0.05) is 43.2 Å². The molecule has 2 aromatic heterocycles. The molecule has 5 rings (SSSR count). The average molecular weight is 525 g/mol. The van der Waals surface area contributed by atoms with Crippen LogP contribution >= 0.6 is 11.3 Å². The third-order valence-electron chi connectivity index (χ3n) is 6.47. The van der Waals surface area contributed by atoms with Gasteiger partial charge < -0.3 is 24.5 Å².